The van der Waals surface area contributed by atoms with Gasteiger partial charge in [0.25, 0.3) is 0 Å². The second-order valence-corrected chi connectivity index (χ2v) is 6.61. The summed E-state index contributed by atoms with van der Waals surface area (Å²) in [7, 11) is 1.63. The topological polar surface area (TPSA) is 71.6 Å². The molecule has 3 rings (SSSR count). The molecule has 1 heterocycles. The minimum atomic E-state index is 0.00963. The van der Waals surface area contributed by atoms with Crippen molar-refractivity contribution in [2.75, 3.05) is 25.2 Å². The second-order valence-electron chi connectivity index (χ2n) is 6.61. The van der Waals surface area contributed by atoms with Crippen LogP contribution in [-0.4, -0.2) is 35.5 Å². The van der Waals surface area contributed by atoms with Gasteiger partial charge in [-0.15, -0.1) is 0 Å². The number of hydrogen-bond donors (Lipinski definition) is 1. The molecule has 0 unspecified atom stereocenters. The van der Waals surface area contributed by atoms with Crippen molar-refractivity contribution in [3.8, 4) is 17.1 Å². The van der Waals surface area contributed by atoms with E-state index in [1.165, 1.54) is 5.56 Å². The summed E-state index contributed by atoms with van der Waals surface area (Å²) in [6, 6.07) is 15.9. The highest BCUT2D eigenvalue weighted by Crippen LogP contribution is 2.29. The van der Waals surface area contributed by atoms with Crippen LogP contribution in [0.4, 0.5) is 5.69 Å². The molecule has 1 aromatic heterocycles. The van der Waals surface area contributed by atoms with Gasteiger partial charge in [0.1, 0.15) is 5.75 Å². The van der Waals surface area contributed by atoms with Crippen LogP contribution in [0.3, 0.4) is 0 Å². The molecule has 0 bridgehead atoms. The zero-order valence-electron chi connectivity index (χ0n) is 15.9. The van der Waals surface area contributed by atoms with E-state index in [0.29, 0.717) is 30.7 Å². The summed E-state index contributed by atoms with van der Waals surface area (Å²) in [6.45, 7) is 5.15. The number of benzene rings is 2. The Balaban J connectivity index is 1.80. The zero-order valence-corrected chi connectivity index (χ0v) is 15.9. The molecular weight excluding hydrogens is 342 g/mol. The molecule has 3 aromatic rings. The van der Waals surface area contributed by atoms with Gasteiger partial charge in [0.05, 0.1) is 25.9 Å². The maximum absolute atomic E-state index is 9.44. The van der Waals surface area contributed by atoms with Crippen molar-refractivity contribution in [1.29, 1.82) is 0 Å². The third kappa shape index (κ3) is 4.46. The van der Waals surface area contributed by atoms with Crippen LogP contribution in [0.25, 0.3) is 11.4 Å². The number of anilines is 1. The van der Waals surface area contributed by atoms with E-state index in [9.17, 15) is 5.11 Å². The zero-order chi connectivity index (χ0) is 19.2. The molecule has 1 N–H and O–H groups in total. The molecule has 0 aliphatic rings. The van der Waals surface area contributed by atoms with E-state index in [1.807, 2.05) is 41.3 Å². The predicted molar refractivity (Wildman–Crippen MR) is 105 cm³/mol. The van der Waals surface area contributed by atoms with E-state index in [1.54, 1.807) is 7.11 Å². The van der Waals surface area contributed by atoms with Crippen LogP contribution < -0.4 is 9.64 Å². The van der Waals surface area contributed by atoms with Crippen molar-refractivity contribution in [3.05, 3.63) is 60.0 Å². The minimum absolute atomic E-state index is 0.00963. The van der Waals surface area contributed by atoms with Gasteiger partial charge in [-0.1, -0.05) is 55.4 Å². The van der Waals surface area contributed by atoms with Crippen LogP contribution in [0, 0.1) is 0 Å². The van der Waals surface area contributed by atoms with Gasteiger partial charge in [-0.25, -0.2) is 0 Å². The smallest absolute Gasteiger partial charge is 0.246 e. The second kappa shape index (κ2) is 8.68. The molecule has 2 aromatic carbocycles. The van der Waals surface area contributed by atoms with Gasteiger partial charge in [-0.05, 0) is 23.6 Å². The van der Waals surface area contributed by atoms with E-state index >= 15 is 0 Å². The van der Waals surface area contributed by atoms with Crippen molar-refractivity contribution in [2.45, 2.75) is 26.3 Å². The molecule has 0 aliphatic heterocycles. The molecule has 0 aliphatic carbocycles. The summed E-state index contributed by atoms with van der Waals surface area (Å²) in [5.74, 6) is 2.25. The van der Waals surface area contributed by atoms with Gasteiger partial charge in [0, 0.05) is 12.1 Å². The molecule has 27 heavy (non-hydrogen) atoms. The van der Waals surface area contributed by atoms with Crippen molar-refractivity contribution in [2.24, 2.45) is 0 Å². The lowest BCUT2D eigenvalue weighted by atomic mass is 10.0. The SMILES string of the molecule is COc1ccccc1N(CCO)Cc1nc(-c2ccc(C(C)C)cc2)no1. The lowest BCUT2D eigenvalue weighted by molar-refractivity contribution is 0.297. The number of para-hydroxylation sites is 2. The standard InChI is InChI=1S/C21H25N3O3/c1-15(2)16-8-10-17(11-9-16)21-22-20(27-23-21)14-24(12-13-25)18-6-4-5-7-19(18)26-3/h4-11,15,25H,12-14H2,1-3H3. The maximum Gasteiger partial charge on any atom is 0.246 e. The Labute approximate surface area is 159 Å². The van der Waals surface area contributed by atoms with Crippen LogP contribution >= 0.6 is 0 Å². The Morgan fingerprint density at radius 2 is 1.85 bits per heavy atom. The molecular formula is C21H25N3O3. The fraction of sp³-hybridized carbons (Fsp3) is 0.333. The van der Waals surface area contributed by atoms with Gasteiger partial charge in [0.2, 0.25) is 11.7 Å². The van der Waals surface area contributed by atoms with E-state index in [4.69, 9.17) is 9.26 Å². The van der Waals surface area contributed by atoms with Gasteiger partial charge >= 0.3 is 0 Å². The van der Waals surface area contributed by atoms with Crippen LogP contribution in [0.5, 0.6) is 5.75 Å². The average molecular weight is 367 g/mol. The fourth-order valence-corrected chi connectivity index (χ4v) is 2.91. The number of nitrogens with zero attached hydrogens (tertiary/aromatic N) is 3. The summed E-state index contributed by atoms with van der Waals surface area (Å²) in [4.78, 5) is 6.47. The van der Waals surface area contributed by atoms with Crippen LogP contribution in [0.2, 0.25) is 0 Å². The molecule has 0 fully saturated rings. The molecule has 0 saturated heterocycles. The highest BCUT2D eigenvalue weighted by molar-refractivity contribution is 5.59. The van der Waals surface area contributed by atoms with E-state index in [0.717, 1.165) is 17.0 Å². The normalized spacial score (nSPS) is 11.0. The third-order valence-electron chi connectivity index (χ3n) is 4.43. The number of ether oxygens (including phenoxy) is 1. The Kier molecular flexibility index (Phi) is 6.08. The molecule has 6 heteroatoms. The fourth-order valence-electron chi connectivity index (χ4n) is 2.91. The van der Waals surface area contributed by atoms with Crippen molar-refractivity contribution < 1.29 is 14.4 Å². The quantitative estimate of drug-likeness (QED) is 0.652. The summed E-state index contributed by atoms with van der Waals surface area (Å²) in [5.41, 5.74) is 3.06. The monoisotopic (exact) mass is 367 g/mol. The highest BCUT2D eigenvalue weighted by Gasteiger charge is 2.16. The third-order valence-corrected chi connectivity index (χ3v) is 4.43. The summed E-state index contributed by atoms with van der Waals surface area (Å²) >= 11 is 0. The van der Waals surface area contributed by atoms with Crippen LogP contribution in [-0.2, 0) is 6.54 Å². The molecule has 0 spiro atoms. The average Bonchev–Trinajstić information content (AvgIpc) is 3.16. The van der Waals surface area contributed by atoms with Crippen LogP contribution in [0.15, 0.2) is 53.1 Å². The molecule has 6 nitrogen and oxygen atoms in total. The highest BCUT2D eigenvalue weighted by atomic mass is 16.5. The number of hydrogen-bond acceptors (Lipinski definition) is 6. The van der Waals surface area contributed by atoms with Crippen molar-refractivity contribution in [1.82, 2.24) is 10.1 Å². The van der Waals surface area contributed by atoms with E-state index in [2.05, 4.69) is 36.1 Å². The number of rotatable bonds is 8. The predicted octanol–water partition coefficient (Wildman–Crippen LogP) is 3.87. The van der Waals surface area contributed by atoms with E-state index in [-0.39, 0.29) is 6.61 Å². The molecule has 0 amide bonds. The van der Waals surface area contributed by atoms with Gasteiger partial charge in [-0.3, -0.25) is 0 Å². The van der Waals surface area contributed by atoms with Gasteiger partial charge in [-0.2, -0.15) is 4.98 Å². The Morgan fingerprint density at radius 1 is 1.11 bits per heavy atom. The van der Waals surface area contributed by atoms with Crippen LogP contribution in [0.1, 0.15) is 31.2 Å². The van der Waals surface area contributed by atoms with Gasteiger partial charge in [0.15, 0.2) is 0 Å². The largest absolute Gasteiger partial charge is 0.495 e. The lowest BCUT2D eigenvalue weighted by Crippen LogP contribution is -2.26. The molecule has 0 radical (unpaired) electrons. The number of aromatic nitrogens is 2. The van der Waals surface area contributed by atoms with Crippen molar-refractivity contribution in [3.63, 3.8) is 0 Å². The van der Waals surface area contributed by atoms with E-state index < -0.39 is 0 Å². The van der Waals surface area contributed by atoms with Gasteiger partial charge < -0.3 is 19.3 Å². The minimum Gasteiger partial charge on any atom is -0.495 e. The summed E-state index contributed by atoms with van der Waals surface area (Å²) < 4.78 is 10.9. The Hall–Kier alpha value is -2.86. The lowest BCUT2D eigenvalue weighted by Gasteiger charge is -2.23. The first-order valence-electron chi connectivity index (χ1n) is 9.04. The summed E-state index contributed by atoms with van der Waals surface area (Å²) in [6.07, 6.45) is 0. The molecule has 0 saturated carbocycles. The number of aliphatic hydroxyl groups is 1. The van der Waals surface area contributed by atoms with Crippen molar-refractivity contribution >= 4 is 5.69 Å². The number of aliphatic hydroxyl groups excluding tert-OH is 1. The summed E-state index contributed by atoms with van der Waals surface area (Å²) in [5, 5.41) is 13.5. The molecule has 142 valence electrons. The first-order chi connectivity index (χ1) is 13.1. The maximum atomic E-state index is 9.44. The molecule has 0 atom stereocenters. The first kappa shape index (κ1) is 18.9. The first-order valence-corrected chi connectivity index (χ1v) is 9.04. The Morgan fingerprint density at radius 3 is 2.52 bits per heavy atom. The Bertz CT molecular complexity index is 859. The number of methoxy groups -OCH3 is 1.